The summed E-state index contributed by atoms with van der Waals surface area (Å²) in [6.45, 7) is 0. The molecule has 8 heteroatoms. The van der Waals surface area contributed by atoms with Gasteiger partial charge in [-0.15, -0.1) is 0 Å². The maximum absolute atomic E-state index is 11.0. The summed E-state index contributed by atoms with van der Waals surface area (Å²) in [6, 6.07) is 151. The van der Waals surface area contributed by atoms with E-state index in [1.807, 2.05) is 12.1 Å². The molecule has 117 heavy (non-hydrogen) atoms. The number of nitrogens with zero attached hydrogens (tertiary/aromatic N) is 8. The van der Waals surface area contributed by atoms with Gasteiger partial charge in [-0.1, -0.05) is 255 Å². The molecule has 0 aliphatic heterocycles. The van der Waals surface area contributed by atoms with Gasteiger partial charge in [0.25, 0.3) is 0 Å². The summed E-state index contributed by atoms with van der Waals surface area (Å²) in [6.07, 6.45) is 0. The monoisotopic (exact) mass is 1490 g/mol. The van der Waals surface area contributed by atoms with E-state index < -0.39 is 0 Å². The summed E-state index contributed by atoms with van der Waals surface area (Å²) in [5, 5.41) is 26.9. The van der Waals surface area contributed by atoms with Crippen LogP contribution in [0.25, 0.3) is 226 Å². The average Bonchev–Trinajstić information content (AvgIpc) is 1.55. The molecule has 542 valence electrons. The third-order valence-corrected chi connectivity index (χ3v) is 24.9. The summed E-state index contributed by atoms with van der Waals surface area (Å²) in [7, 11) is 0. The van der Waals surface area contributed by atoms with E-state index in [0.29, 0.717) is 5.56 Å². The number of fused-ring (bicyclic) bond motifs is 21. The minimum absolute atomic E-state index is 0.569. The molecular formula is C109H66N8. The first-order valence-electron chi connectivity index (χ1n) is 40.0. The van der Waals surface area contributed by atoms with Crippen molar-refractivity contribution >= 4 is 153 Å². The highest BCUT2D eigenvalue weighted by Gasteiger charge is 2.37. The second-order valence-corrected chi connectivity index (χ2v) is 30.9. The maximum atomic E-state index is 11.0. The number of hydrogen-bond donors (Lipinski definition) is 0. The van der Waals surface area contributed by atoms with Crippen LogP contribution in [0, 0.1) is 11.3 Å². The summed E-state index contributed by atoms with van der Waals surface area (Å²) in [5.41, 5.74) is 28.9. The van der Waals surface area contributed by atoms with Gasteiger partial charge in [-0.05, 0) is 173 Å². The number of benzene rings is 18. The molecular weight excluding hydrogens is 1420 g/mol. The zero-order valence-electron chi connectivity index (χ0n) is 63.2. The van der Waals surface area contributed by atoms with Crippen molar-refractivity contribution in [3.8, 4) is 79.3 Å². The topological polar surface area (TPSA) is 58.3 Å². The molecule has 0 aliphatic carbocycles. The predicted octanol–water partition coefficient (Wildman–Crippen LogP) is 28.2. The fourth-order valence-corrected chi connectivity index (χ4v) is 20.0. The third kappa shape index (κ3) is 9.27. The van der Waals surface area contributed by atoms with Crippen LogP contribution in [0.2, 0.25) is 0 Å². The standard InChI is InChI=1S/C109H66N8/c110-67-68-51-53-69(54-52-68)104-105(113-92-43-19-7-31-76(92)77-32-8-20-44-93(77)113)107(115-96-47-23-11-35-80(96)81-36-12-24-48-97(81)115)109(108(116-98-49-25-13-37-82(98)83-38-14-26-50-99(83)116)106(104)114-94-45-21-9-33-78(94)79-34-10-22-46-95(79)114)117-102-61-57-72(70-55-59-100-86(63-70)84-39-15-17-41-90(84)111(100)74-27-3-1-4-28-74)65-88(102)89-66-73(58-62-103(89)117)71-56-60-101-87(64-71)85-40-16-18-42-91(85)112(101)75-29-5-2-6-30-75/h1-66H. The molecule has 0 saturated carbocycles. The van der Waals surface area contributed by atoms with Gasteiger partial charge in [0.1, 0.15) is 0 Å². The number of hydrogen-bond acceptors (Lipinski definition) is 1. The van der Waals surface area contributed by atoms with Crippen LogP contribution in [0.15, 0.2) is 400 Å². The Labute approximate surface area is 670 Å². The van der Waals surface area contributed by atoms with Crippen LogP contribution in [0.5, 0.6) is 0 Å². The van der Waals surface area contributed by atoms with Gasteiger partial charge < -0.3 is 32.0 Å². The van der Waals surface area contributed by atoms with Crippen LogP contribution in [0.1, 0.15) is 5.56 Å². The molecule has 0 N–H and O–H groups in total. The van der Waals surface area contributed by atoms with E-state index in [0.717, 1.165) is 204 Å². The molecule has 0 aliphatic rings. The van der Waals surface area contributed by atoms with Crippen LogP contribution >= 0.6 is 0 Å². The van der Waals surface area contributed by atoms with Crippen LogP contribution in [-0.4, -0.2) is 32.0 Å². The molecule has 0 atom stereocenters. The number of nitriles is 1. The van der Waals surface area contributed by atoms with E-state index in [1.165, 1.54) is 21.5 Å². The Morgan fingerprint density at radius 3 is 0.607 bits per heavy atom. The van der Waals surface area contributed by atoms with Crippen LogP contribution in [0.4, 0.5) is 0 Å². The molecule has 7 aromatic heterocycles. The summed E-state index contributed by atoms with van der Waals surface area (Å²) >= 11 is 0. The first kappa shape index (κ1) is 64.7. The van der Waals surface area contributed by atoms with Crippen molar-refractivity contribution < 1.29 is 0 Å². The highest BCUT2D eigenvalue weighted by molar-refractivity contribution is 6.21. The lowest BCUT2D eigenvalue weighted by atomic mass is 9.94. The molecule has 0 spiro atoms. The molecule has 18 aromatic carbocycles. The summed E-state index contributed by atoms with van der Waals surface area (Å²) in [5.74, 6) is 0. The quantitative estimate of drug-likeness (QED) is 0.135. The minimum atomic E-state index is 0.569. The van der Waals surface area contributed by atoms with Gasteiger partial charge in [0.05, 0.1) is 117 Å². The van der Waals surface area contributed by atoms with Crippen LogP contribution in [0.3, 0.4) is 0 Å². The van der Waals surface area contributed by atoms with Gasteiger partial charge in [-0.3, -0.25) is 0 Å². The van der Waals surface area contributed by atoms with E-state index in [-0.39, 0.29) is 0 Å². The van der Waals surface area contributed by atoms with Crippen molar-refractivity contribution in [1.82, 2.24) is 32.0 Å². The zero-order valence-corrected chi connectivity index (χ0v) is 63.2. The van der Waals surface area contributed by atoms with E-state index >= 15 is 0 Å². The fourth-order valence-electron chi connectivity index (χ4n) is 20.0. The van der Waals surface area contributed by atoms with Gasteiger partial charge in [0.15, 0.2) is 0 Å². The molecule has 0 fully saturated rings. The summed E-state index contributed by atoms with van der Waals surface area (Å²) in [4.78, 5) is 0. The van der Waals surface area contributed by atoms with Gasteiger partial charge in [-0.25, -0.2) is 0 Å². The first-order valence-corrected chi connectivity index (χ1v) is 40.0. The van der Waals surface area contributed by atoms with Gasteiger partial charge in [-0.2, -0.15) is 5.26 Å². The minimum Gasteiger partial charge on any atom is -0.309 e. The van der Waals surface area contributed by atoms with Crippen molar-refractivity contribution in [3.05, 3.63) is 406 Å². The Balaban J connectivity index is 0.925. The number of para-hydroxylation sites is 12. The predicted molar refractivity (Wildman–Crippen MR) is 488 cm³/mol. The Bertz CT molecular complexity index is 7900. The normalized spacial score (nSPS) is 12.1. The van der Waals surface area contributed by atoms with E-state index in [1.54, 1.807) is 0 Å². The van der Waals surface area contributed by atoms with Gasteiger partial charge in [0.2, 0.25) is 0 Å². The van der Waals surface area contributed by atoms with Gasteiger partial charge >= 0.3 is 0 Å². The van der Waals surface area contributed by atoms with Crippen LogP contribution < -0.4 is 0 Å². The Morgan fingerprint density at radius 2 is 0.342 bits per heavy atom. The van der Waals surface area contributed by atoms with Crippen molar-refractivity contribution in [2.75, 3.05) is 0 Å². The van der Waals surface area contributed by atoms with Gasteiger partial charge in [0, 0.05) is 92.3 Å². The van der Waals surface area contributed by atoms with Crippen molar-refractivity contribution in [2.45, 2.75) is 0 Å². The molecule has 8 nitrogen and oxygen atoms in total. The number of rotatable bonds is 10. The van der Waals surface area contributed by atoms with E-state index in [2.05, 4.69) is 426 Å². The number of aromatic nitrogens is 7. The summed E-state index contributed by atoms with van der Waals surface area (Å²) < 4.78 is 17.9. The van der Waals surface area contributed by atoms with Crippen molar-refractivity contribution in [1.29, 1.82) is 5.26 Å². The SMILES string of the molecule is N#Cc1ccc(-c2c(-n3c4ccccc4c4ccccc43)c(-n3c4ccccc4c4ccccc43)c(-n3c4ccc(-c5ccc6c(c5)c5ccccc5n6-c5ccccc5)cc4c4cc(-c5ccc6c(c5)c5ccccc5n6-c5ccccc5)ccc43)c(-n3c4ccccc4c4ccccc43)c2-n2c3ccccc3c3ccccc32)cc1. The Kier molecular flexibility index (Phi) is 13.8. The molecule has 25 aromatic rings. The molecule has 0 radical (unpaired) electrons. The zero-order chi connectivity index (χ0) is 76.7. The molecule has 0 saturated heterocycles. The second kappa shape index (κ2) is 25.0. The fraction of sp³-hybridized carbons (Fsp3) is 0. The maximum Gasteiger partial charge on any atom is 0.0991 e. The lowest BCUT2D eigenvalue weighted by Crippen LogP contribution is -2.18. The average molecular weight is 1490 g/mol. The lowest BCUT2D eigenvalue weighted by Gasteiger charge is -2.32. The molecule has 25 rings (SSSR count). The Hall–Kier alpha value is -16.0. The first-order chi connectivity index (χ1) is 58.1. The van der Waals surface area contributed by atoms with Crippen molar-refractivity contribution in [3.63, 3.8) is 0 Å². The van der Waals surface area contributed by atoms with Crippen molar-refractivity contribution in [2.24, 2.45) is 0 Å². The van der Waals surface area contributed by atoms with Crippen LogP contribution in [-0.2, 0) is 0 Å². The largest absolute Gasteiger partial charge is 0.309 e. The molecule has 0 bridgehead atoms. The highest BCUT2D eigenvalue weighted by atomic mass is 15.2. The highest BCUT2D eigenvalue weighted by Crippen LogP contribution is 2.55. The smallest absolute Gasteiger partial charge is 0.0991 e. The Morgan fingerprint density at radius 1 is 0.154 bits per heavy atom. The molecule has 0 amide bonds. The second-order valence-electron chi connectivity index (χ2n) is 30.9. The van der Waals surface area contributed by atoms with E-state index in [9.17, 15) is 5.26 Å². The molecule has 7 heterocycles. The van der Waals surface area contributed by atoms with E-state index in [4.69, 9.17) is 0 Å². The molecule has 0 unspecified atom stereocenters. The lowest BCUT2D eigenvalue weighted by molar-refractivity contribution is 1.00. The third-order valence-electron chi connectivity index (χ3n) is 24.9.